The molecule has 0 saturated carbocycles. The molecule has 3 aliphatic rings. The largest absolute Gasteiger partial charge is 0.497 e. The average molecular weight is 262 g/mol. The maximum absolute atomic E-state index is 5.98. The fourth-order valence-corrected chi connectivity index (χ4v) is 2.85. The van der Waals surface area contributed by atoms with E-state index >= 15 is 0 Å². The third-order valence-electron chi connectivity index (χ3n) is 3.90. The van der Waals surface area contributed by atoms with Gasteiger partial charge in [0, 0.05) is 6.42 Å². The second-order valence-electron chi connectivity index (χ2n) is 5.07. The molecule has 0 aliphatic carbocycles. The second-order valence-corrected chi connectivity index (χ2v) is 5.07. The van der Waals surface area contributed by atoms with Crippen LogP contribution in [0.2, 0.25) is 0 Å². The highest BCUT2D eigenvalue weighted by Crippen LogP contribution is 2.35. The first kappa shape index (κ1) is 11.7. The Morgan fingerprint density at radius 2 is 1.89 bits per heavy atom. The Morgan fingerprint density at radius 1 is 1.11 bits per heavy atom. The van der Waals surface area contributed by atoms with Gasteiger partial charge in [-0.1, -0.05) is 12.1 Å². The number of hydrogen-bond donors (Lipinski definition) is 0. The van der Waals surface area contributed by atoms with Crippen molar-refractivity contribution in [2.75, 3.05) is 13.7 Å². The number of fused-ring (bicyclic) bond motifs is 6. The van der Waals surface area contributed by atoms with Gasteiger partial charge in [-0.15, -0.1) is 0 Å². The lowest BCUT2D eigenvalue weighted by atomic mass is 9.76. The van der Waals surface area contributed by atoms with E-state index in [4.69, 9.17) is 23.5 Å². The van der Waals surface area contributed by atoms with Crippen molar-refractivity contribution in [3.63, 3.8) is 0 Å². The van der Waals surface area contributed by atoms with Gasteiger partial charge in [-0.2, -0.15) is 0 Å². The Kier molecular flexibility index (Phi) is 2.77. The monoisotopic (exact) mass is 262 g/mol. The second kappa shape index (κ2) is 4.49. The summed E-state index contributed by atoms with van der Waals surface area (Å²) in [6.07, 6.45) is 0.688. The normalized spacial score (nSPS) is 36.4. The van der Waals surface area contributed by atoms with Gasteiger partial charge in [0.05, 0.1) is 25.9 Å². The fraction of sp³-hybridized carbons (Fsp3) is 0.538. The van der Waals surface area contributed by atoms with E-state index in [1.54, 1.807) is 7.11 Å². The minimum atomic E-state index is -0.342. The quantitative estimate of drug-likeness (QED) is 0.718. The summed E-state index contributed by atoms with van der Waals surface area (Å²) < 4.78 is 28.3. The highest BCUT2D eigenvalue weighted by atomic mass is 16.8. The summed E-state index contributed by atoms with van der Waals surface area (Å²) in [7, 11) is 1.31. The molecule has 0 aromatic heterocycles. The smallest absolute Gasteiger partial charge is 0.494 e. The molecule has 4 bridgehead atoms. The molecule has 100 valence electrons. The maximum atomic E-state index is 5.98. The van der Waals surface area contributed by atoms with Crippen LogP contribution in [0.3, 0.4) is 0 Å². The van der Waals surface area contributed by atoms with Crippen LogP contribution in [-0.4, -0.2) is 45.4 Å². The zero-order valence-electron chi connectivity index (χ0n) is 10.7. The van der Waals surface area contributed by atoms with Crippen LogP contribution in [0.15, 0.2) is 24.3 Å². The van der Waals surface area contributed by atoms with Crippen molar-refractivity contribution in [2.24, 2.45) is 0 Å². The molecule has 0 radical (unpaired) electrons. The lowest BCUT2D eigenvalue weighted by Crippen LogP contribution is -2.57. The van der Waals surface area contributed by atoms with Gasteiger partial charge in [0.25, 0.3) is 0 Å². The van der Waals surface area contributed by atoms with Crippen molar-refractivity contribution in [1.82, 2.24) is 0 Å². The Hall–Kier alpha value is -1.08. The van der Waals surface area contributed by atoms with Crippen LogP contribution in [0, 0.1) is 0 Å². The zero-order chi connectivity index (χ0) is 12.8. The van der Waals surface area contributed by atoms with Crippen LogP contribution < -0.4 is 10.2 Å². The first-order valence-electron chi connectivity index (χ1n) is 6.55. The van der Waals surface area contributed by atoms with Gasteiger partial charge in [-0.3, -0.25) is 0 Å². The van der Waals surface area contributed by atoms with Gasteiger partial charge in [0.15, 0.2) is 6.29 Å². The van der Waals surface area contributed by atoms with E-state index in [0.29, 0.717) is 6.61 Å². The Labute approximate surface area is 111 Å². The summed E-state index contributed by atoms with van der Waals surface area (Å²) in [5, 5.41) is 0. The zero-order valence-corrected chi connectivity index (χ0v) is 10.7. The fourth-order valence-electron chi connectivity index (χ4n) is 2.85. The molecule has 6 heteroatoms. The van der Waals surface area contributed by atoms with Gasteiger partial charge in [-0.05, 0) is 17.6 Å². The van der Waals surface area contributed by atoms with E-state index in [0.717, 1.165) is 17.6 Å². The summed E-state index contributed by atoms with van der Waals surface area (Å²) in [6, 6.07) is 7.75. The van der Waals surface area contributed by atoms with Gasteiger partial charge in [0.2, 0.25) is 0 Å². The third kappa shape index (κ3) is 1.95. The molecule has 3 aliphatic heterocycles. The van der Waals surface area contributed by atoms with Gasteiger partial charge < -0.3 is 23.5 Å². The molecule has 4 atom stereocenters. The summed E-state index contributed by atoms with van der Waals surface area (Å²) in [6.45, 7) is 0.602. The predicted molar refractivity (Wildman–Crippen MR) is 67.4 cm³/mol. The van der Waals surface area contributed by atoms with Crippen LogP contribution in [0.1, 0.15) is 6.42 Å². The van der Waals surface area contributed by atoms with E-state index in [9.17, 15) is 0 Å². The molecule has 1 aromatic rings. The van der Waals surface area contributed by atoms with Crippen molar-refractivity contribution >= 4 is 12.6 Å². The third-order valence-corrected chi connectivity index (χ3v) is 3.90. The number of methoxy groups -OCH3 is 1. The first-order valence-corrected chi connectivity index (χ1v) is 6.55. The van der Waals surface area contributed by atoms with E-state index in [1.807, 2.05) is 24.3 Å². The molecule has 3 fully saturated rings. The van der Waals surface area contributed by atoms with E-state index in [-0.39, 0.29) is 31.7 Å². The molecule has 3 heterocycles. The van der Waals surface area contributed by atoms with Crippen molar-refractivity contribution in [3.8, 4) is 5.75 Å². The molecular weight excluding hydrogens is 247 g/mol. The van der Waals surface area contributed by atoms with Crippen LogP contribution >= 0.6 is 0 Å². The summed E-state index contributed by atoms with van der Waals surface area (Å²) in [4.78, 5) is 0. The molecule has 0 N–H and O–H groups in total. The van der Waals surface area contributed by atoms with Crippen molar-refractivity contribution in [1.29, 1.82) is 0 Å². The van der Waals surface area contributed by atoms with Crippen molar-refractivity contribution in [2.45, 2.75) is 31.0 Å². The topological polar surface area (TPSA) is 46.2 Å². The molecule has 2 unspecified atom stereocenters. The van der Waals surface area contributed by atoms with Gasteiger partial charge >= 0.3 is 7.12 Å². The SMILES string of the molecule is COc1ccc(B2OC3CC(O2)[C@H]2CO[C@@H]3O2)cc1. The number of rotatable bonds is 2. The summed E-state index contributed by atoms with van der Waals surface area (Å²) in [5.41, 5.74) is 0.997. The molecule has 0 spiro atoms. The van der Waals surface area contributed by atoms with Gasteiger partial charge in [-0.25, -0.2) is 0 Å². The molecule has 4 rings (SSSR count). The van der Waals surface area contributed by atoms with Crippen molar-refractivity contribution < 1.29 is 23.5 Å². The predicted octanol–water partition coefficient (Wildman–Crippen LogP) is 0.320. The number of hydrogen-bond acceptors (Lipinski definition) is 5. The minimum Gasteiger partial charge on any atom is -0.497 e. The molecule has 5 nitrogen and oxygen atoms in total. The number of benzene rings is 1. The summed E-state index contributed by atoms with van der Waals surface area (Å²) in [5.74, 6) is 0.825. The highest BCUT2D eigenvalue weighted by Gasteiger charge is 2.51. The van der Waals surface area contributed by atoms with Crippen molar-refractivity contribution in [3.05, 3.63) is 24.3 Å². The Bertz CT molecular complexity index is 447. The minimum absolute atomic E-state index is 0.0374. The summed E-state index contributed by atoms with van der Waals surface area (Å²) >= 11 is 0. The average Bonchev–Trinajstić information content (AvgIpc) is 2.92. The lowest BCUT2D eigenvalue weighted by molar-refractivity contribution is -0.196. The Morgan fingerprint density at radius 3 is 2.68 bits per heavy atom. The number of ether oxygens (including phenoxy) is 3. The van der Waals surface area contributed by atoms with Crippen LogP contribution in [0.25, 0.3) is 0 Å². The molecule has 1 aromatic carbocycles. The van der Waals surface area contributed by atoms with Crippen LogP contribution in [0.5, 0.6) is 5.75 Å². The van der Waals surface area contributed by atoms with Crippen LogP contribution in [0.4, 0.5) is 0 Å². The molecule has 3 saturated heterocycles. The standard InChI is InChI=1S/C13H15BO5/c1-15-9-4-2-8(3-5-9)14-18-10-6-11(19-14)13-16-7-12(10)17-13/h2-5,10-13H,6-7H2,1H3/t10?,11?,12-,13-/m1/s1. The molecule has 19 heavy (non-hydrogen) atoms. The van der Waals surface area contributed by atoms with E-state index < -0.39 is 0 Å². The molecule has 0 amide bonds. The highest BCUT2D eigenvalue weighted by molar-refractivity contribution is 6.61. The van der Waals surface area contributed by atoms with E-state index in [1.165, 1.54) is 0 Å². The maximum Gasteiger partial charge on any atom is 0.494 e. The van der Waals surface area contributed by atoms with E-state index in [2.05, 4.69) is 0 Å². The lowest BCUT2D eigenvalue weighted by Gasteiger charge is -2.40. The van der Waals surface area contributed by atoms with Crippen LogP contribution in [-0.2, 0) is 18.8 Å². The molecular formula is C13H15BO5. The Balaban J connectivity index is 1.56. The van der Waals surface area contributed by atoms with Gasteiger partial charge in [0.1, 0.15) is 11.9 Å². The first-order chi connectivity index (χ1) is 9.33.